The van der Waals surface area contributed by atoms with E-state index >= 15 is 0 Å². The fourth-order valence-electron chi connectivity index (χ4n) is 3.68. The molecule has 1 N–H and O–H groups in total. The number of hydrogen-bond acceptors (Lipinski definition) is 4. The predicted octanol–water partition coefficient (Wildman–Crippen LogP) is 1.89. The summed E-state index contributed by atoms with van der Waals surface area (Å²) in [5.41, 5.74) is 0. The van der Waals surface area contributed by atoms with Crippen LogP contribution < -0.4 is 0 Å². The summed E-state index contributed by atoms with van der Waals surface area (Å²) in [7, 11) is 1.98. The van der Waals surface area contributed by atoms with Crippen molar-refractivity contribution in [1.29, 1.82) is 0 Å². The number of aliphatic hydroxyl groups is 1. The average Bonchev–Trinajstić information content (AvgIpc) is 2.56. The van der Waals surface area contributed by atoms with Crippen molar-refractivity contribution in [1.82, 2.24) is 9.80 Å². The zero-order valence-corrected chi connectivity index (χ0v) is 14.9. The molecule has 1 aliphatic carbocycles. The Bertz CT molecular complexity index is 348. The lowest BCUT2D eigenvalue weighted by molar-refractivity contribution is -0.134. The van der Waals surface area contributed by atoms with Gasteiger partial charge in [-0.15, -0.1) is 0 Å². The van der Waals surface area contributed by atoms with Gasteiger partial charge in [0.15, 0.2) is 0 Å². The van der Waals surface area contributed by atoms with Gasteiger partial charge in [0.2, 0.25) is 5.91 Å². The lowest BCUT2D eigenvalue weighted by atomic mass is 9.87. The number of carbonyl (C=O) groups is 1. The molecule has 1 amide bonds. The van der Waals surface area contributed by atoms with Crippen LogP contribution in [0.5, 0.6) is 0 Å². The van der Waals surface area contributed by atoms with E-state index in [1.807, 2.05) is 11.9 Å². The summed E-state index contributed by atoms with van der Waals surface area (Å²) >= 11 is 0. The molecule has 0 radical (unpaired) electrons. The van der Waals surface area contributed by atoms with Crippen molar-refractivity contribution in [2.75, 3.05) is 39.9 Å². The number of nitrogens with zero attached hydrogens (tertiary/aromatic N) is 2. The van der Waals surface area contributed by atoms with E-state index < -0.39 is 0 Å². The van der Waals surface area contributed by atoms with Crippen LogP contribution in [0.15, 0.2) is 0 Å². The van der Waals surface area contributed by atoms with Crippen LogP contribution in [0.1, 0.15) is 51.9 Å². The third-order valence-electron chi connectivity index (χ3n) is 5.48. The highest BCUT2D eigenvalue weighted by molar-refractivity contribution is 5.78. The van der Waals surface area contributed by atoms with E-state index in [4.69, 9.17) is 9.84 Å². The molecular weight excluding hydrogens is 292 g/mol. The molecule has 2 aliphatic rings. The topological polar surface area (TPSA) is 53.0 Å². The van der Waals surface area contributed by atoms with Gasteiger partial charge in [-0.1, -0.05) is 6.92 Å². The van der Waals surface area contributed by atoms with Crippen molar-refractivity contribution in [3.8, 4) is 0 Å². The second kappa shape index (κ2) is 9.60. The first kappa shape index (κ1) is 18.7. The Balaban J connectivity index is 1.66. The Morgan fingerprint density at radius 3 is 2.43 bits per heavy atom. The zero-order valence-electron chi connectivity index (χ0n) is 14.9. The SMILES string of the molecule is CC1CCC(N(C)C(=O)CN2CCC(OCCCO)CC2)CC1. The number of hydrogen-bond donors (Lipinski definition) is 1. The molecule has 0 atom stereocenters. The van der Waals surface area contributed by atoms with Crippen LogP contribution >= 0.6 is 0 Å². The van der Waals surface area contributed by atoms with Crippen LogP contribution in [-0.4, -0.2) is 72.9 Å². The van der Waals surface area contributed by atoms with Gasteiger partial charge >= 0.3 is 0 Å². The molecule has 1 heterocycles. The number of carbonyl (C=O) groups excluding carboxylic acids is 1. The van der Waals surface area contributed by atoms with Crippen LogP contribution in [0, 0.1) is 5.92 Å². The van der Waals surface area contributed by atoms with Gasteiger partial charge in [0.1, 0.15) is 0 Å². The lowest BCUT2D eigenvalue weighted by Gasteiger charge is -2.36. The van der Waals surface area contributed by atoms with E-state index in [9.17, 15) is 4.79 Å². The van der Waals surface area contributed by atoms with Gasteiger partial charge in [0.05, 0.1) is 12.6 Å². The number of ether oxygens (including phenoxy) is 1. The molecule has 1 aliphatic heterocycles. The third kappa shape index (κ3) is 6.05. The molecule has 0 aromatic heterocycles. The van der Waals surface area contributed by atoms with Crippen LogP contribution in [0.4, 0.5) is 0 Å². The number of likely N-dealkylation sites (tertiary alicyclic amines) is 1. The van der Waals surface area contributed by atoms with Crippen LogP contribution in [0.2, 0.25) is 0 Å². The highest BCUT2D eigenvalue weighted by atomic mass is 16.5. The molecule has 0 aromatic carbocycles. The highest BCUT2D eigenvalue weighted by Gasteiger charge is 2.27. The molecule has 5 heteroatoms. The van der Waals surface area contributed by atoms with E-state index in [2.05, 4.69) is 11.8 Å². The standard InChI is InChI=1S/C18H34N2O3/c1-15-4-6-16(7-5-15)19(2)18(22)14-20-10-8-17(9-11-20)23-13-3-12-21/h15-17,21H,3-14H2,1-2H3. The molecular formula is C18H34N2O3. The van der Waals surface area contributed by atoms with E-state index in [1.54, 1.807) is 0 Å². The van der Waals surface area contributed by atoms with Gasteiger partial charge in [-0.05, 0) is 50.9 Å². The molecule has 134 valence electrons. The van der Waals surface area contributed by atoms with Gasteiger partial charge in [-0.2, -0.15) is 0 Å². The molecule has 5 nitrogen and oxygen atoms in total. The largest absolute Gasteiger partial charge is 0.396 e. The Labute approximate surface area is 141 Å². The van der Waals surface area contributed by atoms with Crippen LogP contribution in [-0.2, 0) is 9.53 Å². The minimum Gasteiger partial charge on any atom is -0.396 e. The number of amides is 1. The maximum Gasteiger partial charge on any atom is 0.236 e. The number of piperidine rings is 1. The summed E-state index contributed by atoms with van der Waals surface area (Å²) in [6.07, 6.45) is 7.80. The predicted molar refractivity (Wildman–Crippen MR) is 91.3 cm³/mol. The van der Waals surface area contributed by atoms with Crippen molar-refractivity contribution in [2.45, 2.75) is 64.0 Å². The fourth-order valence-corrected chi connectivity index (χ4v) is 3.68. The van der Waals surface area contributed by atoms with Gasteiger partial charge in [0.25, 0.3) is 0 Å². The van der Waals surface area contributed by atoms with Gasteiger partial charge < -0.3 is 14.7 Å². The van der Waals surface area contributed by atoms with E-state index in [0.29, 0.717) is 31.7 Å². The highest BCUT2D eigenvalue weighted by Crippen LogP contribution is 2.26. The molecule has 2 rings (SSSR count). The van der Waals surface area contributed by atoms with Gasteiger partial charge in [0, 0.05) is 39.4 Å². The second-order valence-electron chi connectivity index (χ2n) is 7.34. The number of likely N-dealkylation sites (N-methyl/N-ethyl adjacent to an activating group) is 1. The Kier molecular flexibility index (Phi) is 7.80. The van der Waals surface area contributed by atoms with Crippen LogP contribution in [0.25, 0.3) is 0 Å². The number of aliphatic hydroxyl groups excluding tert-OH is 1. The summed E-state index contributed by atoms with van der Waals surface area (Å²) < 4.78 is 5.75. The van der Waals surface area contributed by atoms with E-state index in [-0.39, 0.29) is 12.5 Å². The van der Waals surface area contributed by atoms with E-state index in [0.717, 1.165) is 44.7 Å². The molecule has 0 bridgehead atoms. The molecule has 0 spiro atoms. The maximum atomic E-state index is 12.5. The van der Waals surface area contributed by atoms with Crippen molar-refractivity contribution in [3.05, 3.63) is 0 Å². The van der Waals surface area contributed by atoms with Gasteiger partial charge in [-0.25, -0.2) is 0 Å². The third-order valence-corrected chi connectivity index (χ3v) is 5.48. The van der Waals surface area contributed by atoms with Crippen molar-refractivity contribution in [3.63, 3.8) is 0 Å². The summed E-state index contributed by atoms with van der Waals surface area (Å²) in [5.74, 6) is 1.09. The normalized spacial score (nSPS) is 27.1. The van der Waals surface area contributed by atoms with Crippen LogP contribution in [0.3, 0.4) is 0 Å². The Morgan fingerprint density at radius 1 is 1.17 bits per heavy atom. The van der Waals surface area contributed by atoms with Gasteiger partial charge in [-0.3, -0.25) is 9.69 Å². The molecule has 23 heavy (non-hydrogen) atoms. The summed E-state index contributed by atoms with van der Waals surface area (Å²) in [5, 5.41) is 8.78. The smallest absolute Gasteiger partial charge is 0.236 e. The molecule has 2 fully saturated rings. The zero-order chi connectivity index (χ0) is 16.7. The maximum absolute atomic E-state index is 12.5. The molecule has 0 unspecified atom stereocenters. The van der Waals surface area contributed by atoms with Crippen molar-refractivity contribution >= 4 is 5.91 Å². The molecule has 0 aromatic rings. The minimum absolute atomic E-state index is 0.194. The van der Waals surface area contributed by atoms with E-state index in [1.165, 1.54) is 12.8 Å². The first-order valence-corrected chi connectivity index (χ1v) is 9.30. The van der Waals surface area contributed by atoms with Crippen molar-refractivity contribution in [2.24, 2.45) is 5.92 Å². The second-order valence-corrected chi connectivity index (χ2v) is 7.34. The average molecular weight is 326 g/mol. The summed E-state index contributed by atoms with van der Waals surface area (Å²) in [6.45, 7) is 5.56. The summed E-state index contributed by atoms with van der Waals surface area (Å²) in [6, 6.07) is 0.443. The summed E-state index contributed by atoms with van der Waals surface area (Å²) in [4.78, 5) is 16.8. The Hall–Kier alpha value is -0.650. The molecule has 1 saturated heterocycles. The fraction of sp³-hybridized carbons (Fsp3) is 0.944. The monoisotopic (exact) mass is 326 g/mol. The van der Waals surface area contributed by atoms with Crippen molar-refractivity contribution < 1.29 is 14.6 Å². The minimum atomic E-state index is 0.194. The lowest BCUT2D eigenvalue weighted by Crippen LogP contribution is -2.47. The first-order valence-electron chi connectivity index (χ1n) is 9.30. The number of rotatable bonds is 7. The molecule has 1 saturated carbocycles. The quantitative estimate of drug-likeness (QED) is 0.726. The Morgan fingerprint density at radius 2 is 1.83 bits per heavy atom. The first-order chi connectivity index (χ1) is 11.1.